The predicted octanol–water partition coefficient (Wildman–Crippen LogP) is 4.38. The van der Waals surface area contributed by atoms with Crippen LogP contribution >= 0.6 is 24.0 Å². The normalized spacial score (nSPS) is 16.1. The maximum atomic E-state index is 13.8. The predicted molar refractivity (Wildman–Crippen MR) is 95.0 cm³/mol. The zero-order chi connectivity index (χ0) is 17.3. The molecule has 1 aliphatic heterocycles. The summed E-state index contributed by atoms with van der Waals surface area (Å²) in [6, 6.07) is 9.90. The molecule has 0 aliphatic carbocycles. The zero-order valence-electron chi connectivity index (χ0n) is 12.5. The molecule has 24 heavy (non-hydrogen) atoms. The second kappa shape index (κ2) is 6.70. The fourth-order valence-corrected chi connectivity index (χ4v) is 3.50. The number of rotatable bonds is 3. The third-order valence-corrected chi connectivity index (χ3v) is 4.65. The molecule has 2 aromatic carbocycles. The van der Waals surface area contributed by atoms with Gasteiger partial charge in [0, 0.05) is 0 Å². The molecule has 7 heteroatoms. The van der Waals surface area contributed by atoms with Gasteiger partial charge in [-0.05, 0) is 48.0 Å². The Morgan fingerprint density at radius 2 is 1.88 bits per heavy atom. The van der Waals surface area contributed by atoms with Crippen LogP contribution in [0.1, 0.15) is 5.56 Å². The number of amides is 1. The molecule has 1 heterocycles. The Balaban J connectivity index is 1.90. The van der Waals surface area contributed by atoms with Crippen molar-refractivity contribution < 1.29 is 18.3 Å². The molecule has 1 saturated heterocycles. The summed E-state index contributed by atoms with van der Waals surface area (Å²) in [5, 5.41) is 0. The van der Waals surface area contributed by atoms with E-state index in [1.54, 1.807) is 12.1 Å². The minimum absolute atomic E-state index is 0.131. The Labute approximate surface area is 146 Å². The average Bonchev–Trinajstić information content (AvgIpc) is 2.83. The van der Waals surface area contributed by atoms with Gasteiger partial charge in [0.25, 0.3) is 5.91 Å². The molecule has 0 bridgehead atoms. The summed E-state index contributed by atoms with van der Waals surface area (Å²) >= 11 is 6.34. The Bertz CT molecular complexity index is 850. The molecule has 1 aliphatic rings. The van der Waals surface area contributed by atoms with Gasteiger partial charge in [-0.2, -0.15) is 0 Å². The second-order valence-corrected chi connectivity index (χ2v) is 6.56. The lowest BCUT2D eigenvalue weighted by Crippen LogP contribution is -2.27. The quantitative estimate of drug-likeness (QED) is 0.598. The maximum absolute atomic E-state index is 13.8. The summed E-state index contributed by atoms with van der Waals surface area (Å²) in [5.41, 5.74) is 1.01. The molecular weight excluding hydrogens is 352 g/mol. The molecule has 3 rings (SSSR count). The van der Waals surface area contributed by atoms with Crippen molar-refractivity contribution in [3.63, 3.8) is 0 Å². The van der Waals surface area contributed by atoms with Crippen LogP contribution in [0, 0.1) is 11.6 Å². The van der Waals surface area contributed by atoms with Crippen molar-refractivity contribution in [2.75, 3.05) is 12.0 Å². The number of hydrogen-bond acceptors (Lipinski definition) is 4. The molecule has 0 spiro atoms. The van der Waals surface area contributed by atoms with E-state index in [2.05, 4.69) is 0 Å². The molecule has 0 unspecified atom stereocenters. The van der Waals surface area contributed by atoms with Crippen LogP contribution in [0.25, 0.3) is 6.08 Å². The number of carbonyl (C=O) groups excluding carboxylic acids is 1. The van der Waals surface area contributed by atoms with Gasteiger partial charge >= 0.3 is 0 Å². The van der Waals surface area contributed by atoms with E-state index >= 15 is 0 Å². The van der Waals surface area contributed by atoms with Gasteiger partial charge in [-0.1, -0.05) is 30.0 Å². The van der Waals surface area contributed by atoms with Crippen molar-refractivity contribution in [1.29, 1.82) is 0 Å². The van der Waals surface area contributed by atoms with E-state index < -0.39 is 11.6 Å². The first-order chi connectivity index (χ1) is 11.5. The van der Waals surface area contributed by atoms with Gasteiger partial charge in [0.2, 0.25) is 0 Å². The summed E-state index contributed by atoms with van der Waals surface area (Å²) in [4.78, 5) is 14.2. The second-order valence-electron chi connectivity index (χ2n) is 4.89. The number of thioether (sulfide) groups is 1. The van der Waals surface area contributed by atoms with Crippen molar-refractivity contribution in [2.24, 2.45) is 0 Å². The number of methoxy groups -OCH3 is 1. The summed E-state index contributed by atoms with van der Waals surface area (Å²) in [6.45, 7) is 0. The van der Waals surface area contributed by atoms with Crippen LogP contribution in [0.15, 0.2) is 47.4 Å². The van der Waals surface area contributed by atoms with Gasteiger partial charge in [-0.3, -0.25) is 9.69 Å². The van der Waals surface area contributed by atoms with Crippen molar-refractivity contribution in [3.8, 4) is 5.75 Å². The Hall–Kier alpha value is -2.25. The van der Waals surface area contributed by atoms with Gasteiger partial charge in [0.1, 0.15) is 5.82 Å². The largest absolute Gasteiger partial charge is 0.494 e. The van der Waals surface area contributed by atoms with Crippen LogP contribution in [0.3, 0.4) is 0 Å². The number of ether oxygens (including phenoxy) is 1. The first-order valence-electron chi connectivity index (χ1n) is 6.86. The van der Waals surface area contributed by atoms with E-state index in [0.29, 0.717) is 20.5 Å². The van der Waals surface area contributed by atoms with E-state index in [-0.39, 0.29) is 11.7 Å². The number of nitrogens with zero attached hydrogens (tertiary/aromatic N) is 1. The summed E-state index contributed by atoms with van der Waals surface area (Å²) in [6.07, 6.45) is 1.56. The Kier molecular flexibility index (Phi) is 4.64. The first kappa shape index (κ1) is 16.6. The fraction of sp³-hybridized carbons (Fsp3) is 0.0588. The third kappa shape index (κ3) is 3.18. The molecule has 0 radical (unpaired) electrons. The molecule has 122 valence electrons. The van der Waals surface area contributed by atoms with Crippen LogP contribution in [0.5, 0.6) is 5.75 Å². The summed E-state index contributed by atoms with van der Waals surface area (Å²) in [5.74, 6) is -1.10. The molecule has 2 aromatic rings. The summed E-state index contributed by atoms with van der Waals surface area (Å²) in [7, 11) is 1.38. The molecule has 0 saturated carbocycles. The number of thiocarbonyl (C=S) groups is 1. The molecule has 0 aromatic heterocycles. The van der Waals surface area contributed by atoms with Gasteiger partial charge in [-0.25, -0.2) is 8.78 Å². The highest BCUT2D eigenvalue weighted by Crippen LogP contribution is 2.36. The van der Waals surface area contributed by atoms with Gasteiger partial charge in [-0.15, -0.1) is 0 Å². The first-order valence-corrected chi connectivity index (χ1v) is 8.09. The number of hydrogen-bond donors (Lipinski definition) is 0. The van der Waals surface area contributed by atoms with Gasteiger partial charge < -0.3 is 4.74 Å². The van der Waals surface area contributed by atoms with Crippen LogP contribution in [0.2, 0.25) is 0 Å². The van der Waals surface area contributed by atoms with Crippen molar-refractivity contribution in [1.82, 2.24) is 0 Å². The Morgan fingerprint density at radius 1 is 1.17 bits per heavy atom. The highest BCUT2D eigenvalue weighted by Gasteiger charge is 2.33. The van der Waals surface area contributed by atoms with Crippen molar-refractivity contribution in [2.45, 2.75) is 0 Å². The van der Waals surface area contributed by atoms with E-state index in [0.717, 1.165) is 11.8 Å². The van der Waals surface area contributed by atoms with Crippen LogP contribution < -0.4 is 9.64 Å². The lowest BCUT2D eigenvalue weighted by Gasteiger charge is -2.14. The number of carbonyl (C=O) groups is 1. The highest BCUT2D eigenvalue weighted by molar-refractivity contribution is 8.27. The average molecular weight is 363 g/mol. The maximum Gasteiger partial charge on any atom is 0.270 e. The van der Waals surface area contributed by atoms with Crippen LogP contribution in [-0.4, -0.2) is 17.3 Å². The van der Waals surface area contributed by atoms with E-state index in [4.69, 9.17) is 17.0 Å². The van der Waals surface area contributed by atoms with Gasteiger partial charge in [0.05, 0.1) is 17.7 Å². The molecule has 1 amide bonds. The lowest BCUT2D eigenvalue weighted by molar-refractivity contribution is -0.113. The molecule has 0 atom stereocenters. The number of benzene rings is 2. The monoisotopic (exact) mass is 363 g/mol. The smallest absolute Gasteiger partial charge is 0.270 e. The van der Waals surface area contributed by atoms with E-state index in [1.165, 1.54) is 48.4 Å². The van der Waals surface area contributed by atoms with Gasteiger partial charge in [0.15, 0.2) is 15.9 Å². The molecule has 0 N–H and O–H groups in total. The van der Waals surface area contributed by atoms with Crippen LogP contribution in [-0.2, 0) is 4.79 Å². The number of halogens is 2. The Morgan fingerprint density at radius 3 is 2.50 bits per heavy atom. The standard InChI is InChI=1S/C17H11F2NO2S2/c1-22-14-7-2-10(8-13(14)19)9-15-16(21)20(17(23)24-15)12-5-3-11(18)4-6-12/h2-9H,1H3/b15-9-. The van der Waals surface area contributed by atoms with E-state index in [9.17, 15) is 13.6 Å². The van der Waals surface area contributed by atoms with Crippen molar-refractivity contribution >= 4 is 46.0 Å². The minimum Gasteiger partial charge on any atom is -0.494 e. The SMILES string of the molecule is COc1ccc(/C=C2\SC(=S)N(c3ccc(F)cc3)C2=O)cc1F. The fourth-order valence-electron chi connectivity index (χ4n) is 2.20. The topological polar surface area (TPSA) is 29.5 Å². The lowest BCUT2D eigenvalue weighted by atomic mass is 10.2. The van der Waals surface area contributed by atoms with Crippen LogP contribution in [0.4, 0.5) is 14.5 Å². The zero-order valence-corrected chi connectivity index (χ0v) is 14.1. The van der Waals surface area contributed by atoms with E-state index in [1.807, 2.05) is 0 Å². The molecule has 3 nitrogen and oxygen atoms in total. The third-order valence-electron chi connectivity index (χ3n) is 3.35. The minimum atomic E-state index is -0.514. The molecule has 1 fully saturated rings. The molecular formula is C17H11F2NO2S2. The van der Waals surface area contributed by atoms with Crippen molar-refractivity contribution in [3.05, 3.63) is 64.6 Å². The number of anilines is 1. The summed E-state index contributed by atoms with van der Waals surface area (Å²) < 4.78 is 32.0. The highest BCUT2D eigenvalue weighted by atomic mass is 32.2.